The normalized spacial score (nSPS) is 21.9. The molecule has 0 radical (unpaired) electrons. The van der Waals surface area contributed by atoms with Crippen molar-refractivity contribution in [3.05, 3.63) is 0 Å². The van der Waals surface area contributed by atoms with Crippen molar-refractivity contribution in [2.75, 3.05) is 13.1 Å². The highest BCUT2D eigenvalue weighted by molar-refractivity contribution is 6.01. The van der Waals surface area contributed by atoms with Crippen LogP contribution in [0.1, 0.15) is 40.0 Å². The van der Waals surface area contributed by atoms with E-state index in [1.807, 2.05) is 0 Å². The van der Waals surface area contributed by atoms with Gasteiger partial charge in [0.15, 0.2) is 0 Å². The number of carboxylic acid groups (broad SMARTS) is 1. The summed E-state index contributed by atoms with van der Waals surface area (Å²) in [6.45, 7) is 6.49. The Balaban J connectivity index is 2.70. The number of aliphatic carboxylic acids is 1. The van der Waals surface area contributed by atoms with E-state index < -0.39 is 11.4 Å². The molecule has 1 rings (SSSR count). The van der Waals surface area contributed by atoms with Crippen LogP contribution < -0.4 is 0 Å². The molecule has 0 spiro atoms. The first-order chi connectivity index (χ1) is 7.39. The zero-order chi connectivity index (χ0) is 12.3. The Morgan fingerprint density at radius 3 is 2.56 bits per heavy atom. The van der Waals surface area contributed by atoms with Crippen molar-refractivity contribution in [1.82, 2.24) is 4.90 Å². The molecule has 0 aromatic heterocycles. The summed E-state index contributed by atoms with van der Waals surface area (Å²) in [5.41, 5.74) is -1.30. The quantitative estimate of drug-likeness (QED) is 0.747. The van der Waals surface area contributed by atoms with E-state index in [1.165, 1.54) is 13.8 Å². The summed E-state index contributed by atoms with van der Waals surface area (Å²) >= 11 is 0. The molecule has 1 heterocycles. The average molecular weight is 227 g/mol. The fourth-order valence-corrected chi connectivity index (χ4v) is 2.07. The third-order valence-corrected chi connectivity index (χ3v) is 3.45. The highest BCUT2D eigenvalue weighted by Gasteiger charge is 2.40. The van der Waals surface area contributed by atoms with Crippen molar-refractivity contribution < 1.29 is 14.7 Å². The van der Waals surface area contributed by atoms with Crippen LogP contribution in [-0.4, -0.2) is 35.0 Å². The van der Waals surface area contributed by atoms with Crippen LogP contribution in [0.4, 0.5) is 0 Å². The number of carbonyl (C=O) groups excluding carboxylic acids is 1. The molecule has 92 valence electrons. The van der Waals surface area contributed by atoms with E-state index in [1.54, 1.807) is 4.90 Å². The lowest BCUT2D eigenvalue weighted by molar-refractivity contribution is -0.159. The standard InChI is InChI=1S/C12H21NO3/c1-4-9-6-5-7-13(8-9)10(14)12(2,3)11(15)16/h9H,4-8H2,1-3H3,(H,15,16). The summed E-state index contributed by atoms with van der Waals surface area (Å²) in [5, 5.41) is 9.02. The summed E-state index contributed by atoms with van der Waals surface area (Å²) in [6, 6.07) is 0. The van der Waals surface area contributed by atoms with Gasteiger partial charge in [-0.2, -0.15) is 0 Å². The second-order valence-electron chi connectivity index (χ2n) is 5.10. The Kier molecular flexibility index (Phi) is 3.94. The summed E-state index contributed by atoms with van der Waals surface area (Å²) in [4.78, 5) is 24.8. The highest BCUT2D eigenvalue weighted by atomic mass is 16.4. The van der Waals surface area contributed by atoms with Gasteiger partial charge in [0.2, 0.25) is 5.91 Å². The second kappa shape index (κ2) is 4.85. The summed E-state index contributed by atoms with van der Waals surface area (Å²) < 4.78 is 0. The summed E-state index contributed by atoms with van der Waals surface area (Å²) in [5.74, 6) is -0.767. The Hall–Kier alpha value is -1.06. The molecular weight excluding hydrogens is 206 g/mol. The molecule has 0 aliphatic carbocycles. The molecule has 1 atom stereocenters. The zero-order valence-corrected chi connectivity index (χ0v) is 10.3. The van der Waals surface area contributed by atoms with Gasteiger partial charge in [0.05, 0.1) is 0 Å². The van der Waals surface area contributed by atoms with E-state index in [9.17, 15) is 9.59 Å². The lowest BCUT2D eigenvalue weighted by Crippen LogP contribution is -2.48. The topological polar surface area (TPSA) is 57.6 Å². The molecule has 4 heteroatoms. The van der Waals surface area contributed by atoms with Crippen molar-refractivity contribution >= 4 is 11.9 Å². The lowest BCUT2D eigenvalue weighted by atomic mass is 9.88. The number of hydrogen-bond acceptors (Lipinski definition) is 2. The number of carbonyl (C=O) groups is 2. The molecule has 0 bridgehead atoms. The summed E-state index contributed by atoms with van der Waals surface area (Å²) in [7, 11) is 0. The number of likely N-dealkylation sites (tertiary alicyclic amines) is 1. The van der Waals surface area contributed by atoms with Crippen molar-refractivity contribution in [2.24, 2.45) is 11.3 Å². The monoisotopic (exact) mass is 227 g/mol. The largest absolute Gasteiger partial charge is 0.480 e. The van der Waals surface area contributed by atoms with Gasteiger partial charge >= 0.3 is 5.97 Å². The van der Waals surface area contributed by atoms with Gasteiger partial charge in [0.25, 0.3) is 0 Å². The number of nitrogens with zero attached hydrogens (tertiary/aromatic N) is 1. The fraction of sp³-hybridized carbons (Fsp3) is 0.833. The smallest absolute Gasteiger partial charge is 0.318 e. The van der Waals surface area contributed by atoms with E-state index in [0.717, 1.165) is 19.3 Å². The lowest BCUT2D eigenvalue weighted by Gasteiger charge is -2.35. The first-order valence-electron chi connectivity index (χ1n) is 5.92. The number of piperidine rings is 1. The zero-order valence-electron chi connectivity index (χ0n) is 10.3. The van der Waals surface area contributed by atoms with Crippen LogP contribution in [0.25, 0.3) is 0 Å². The van der Waals surface area contributed by atoms with Crippen LogP contribution in [0, 0.1) is 11.3 Å². The Labute approximate surface area is 96.6 Å². The van der Waals surface area contributed by atoms with Gasteiger partial charge in [-0.1, -0.05) is 13.3 Å². The predicted octanol–water partition coefficient (Wildman–Crippen LogP) is 1.75. The first-order valence-corrected chi connectivity index (χ1v) is 5.92. The van der Waals surface area contributed by atoms with Gasteiger partial charge in [0, 0.05) is 13.1 Å². The van der Waals surface area contributed by atoms with Crippen LogP contribution in [-0.2, 0) is 9.59 Å². The molecule has 1 fully saturated rings. The van der Waals surface area contributed by atoms with Gasteiger partial charge in [0.1, 0.15) is 5.41 Å². The van der Waals surface area contributed by atoms with Gasteiger partial charge in [-0.25, -0.2) is 0 Å². The maximum absolute atomic E-state index is 12.1. The van der Waals surface area contributed by atoms with E-state index in [-0.39, 0.29) is 5.91 Å². The van der Waals surface area contributed by atoms with Gasteiger partial charge < -0.3 is 10.0 Å². The molecular formula is C12H21NO3. The van der Waals surface area contributed by atoms with Crippen LogP contribution in [0.5, 0.6) is 0 Å². The minimum absolute atomic E-state index is 0.252. The van der Waals surface area contributed by atoms with Gasteiger partial charge in [-0.3, -0.25) is 9.59 Å². The highest BCUT2D eigenvalue weighted by Crippen LogP contribution is 2.25. The van der Waals surface area contributed by atoms with Crippen LogP contribution >= 0.6 is 0 Å². The molecule has 16 heavy (non-hydrogen) atoms. The maximum atomic E-state index is 12.1. The van der Waals surface area contributed by atoms with E-state index >= 15 is 0 Å². The number of hydrogen-bond donors (Lipinski definition) is 1. The number of amides is 1. The minimum Gasteiger partial charge on any atom is -0.480 e. The SMILES string of the molecule is CCC1CCCN(C(=O)C(C)(C)C(=O)O)C1. The summed E-state index contributed by atoms with van der Waals surface area (Å²) in [6.07, 6.45) is 3.19. The Bertz CT molecular complexity index is 286. The van der Waals surface area contributed by atoms with Crippen molar-refractivity contribution in [1.29, 1.82) is 0 Å². The molecule has 0 aromatic carbocycles. The average Bonchev–Trinajstić information content (AvgIpc) is 2.27. The molecule has 1 unspecified atom stereocenters. The number of rotatable bonds is 3. The third kappa shape index (κ3) is 2.54. The Morgan fingerprint density at radius 2 is 2.06 bits per heavy atom. The first kappa shape index (κ1) is 13.0. The van der Waals surface area contributed by atoms with Crippen LogP contribution in [0.3, 0.4) is 0 Å². The molecule has 0 saturated carbocycles. The van der Waals surface area contributed by atoms with Crippen LogP contribution in [0.15, 0.2) is 0 Å². The molecule has 1 aliphatic heterocycles. The van der Waals surface area contributed by atoms with Crippen LogP contribution in [0.2, 0.25) is 0 Å². The van der Waals surface area contributed by atoms with E-state index in [2.05, 4.69) is 6.92 Å². The van der Waals surface area contributed by atoms with E-state index in [0.29, 0.717) is 19.0 Å². The molecule has 4 nitrogen and oxygen atoms in total. The minimum atomic E-state index is -1.30. The maximum Gasteiger partial charge on any atom is 0.318 e. The molecule has 1 amide bonds. The van der Waals surface area contributed by atoms with Gasteiger partial charge in [-0.15, -0.1) is 0 Å². The van der Waals surface area contributed by atoms with Crippen molar-refractivity contribution in [3.63, 3.8) is 0 Å². The Morgan fingerprint density at radius 1 is 1.44 bits per heavy atom. The molecule has 0 aromatic rings. The molecule has 1 aliphatic rings. The molecule has 1 N–H and O–H groups in total. The third-order valence-electron chi connectivity index (χ3n) is 3.45. The fourth-order valence-electron chi connectivity index (χ4n) is 2.07. The molecule has 1 saturated heterocycles. The van der Waals surface area contributed by atoms with Crippen molar-refractivity contribution in [2.45, 2.75) is 40.0 Å². The number of carboxylic acids is 1. The van der Waals surface area contributed by atoms with E-state index in [4.69, 9.17) is 5.11 Å². The van der Waals surface area contributed by atoms with Crippen molar-refractivity contribution in [3.8, 4) is 0 Å². The second-order valence-corrected chi connectivity index (χ2v) is 5.10. The van der Waals surface area contributed by atoms with Gasteiger partial charge in [-0.05, 0) is 32.6 Å². The predicted molar refractivity (Wildman–Crippen MR) is 61.0 cm³/mol.